The molecule has 3 nitrogen and oxygen atoms in total. The van der Waals surface area contributed by atoms with E-state index in [1.807, 2.05) is 17.8 Å². The Morgan fingerprint density at radius 2 is 2.28 bits per heavy atom. The predicted molar refractivity (Wildman–Crippen MR) is 78.8 cm³/mol. The van der Waals surface area contributed by atoms with Gasteiger partial charge in [-0.2, -0.15) is 0 Å². The highest BCUT2D eigenvalue weighted by molar-refractivity contribution is 9.10. The quantitative estimate of drug-likeness (QED) is 0.882. The van der Waals surface area contributed by atoms with Gasteiger partial charge in [-0.3, -0.25) is 4.98 Å². The number of rotatable bonds is 6. The summed E-state index contributed by atoms with van der Waals surface area (Å²) in [5, 5.41) is 5.63. The molecule has 0 amide bonds. The molecule has 2 aromatic rings. The van der Waals surface area contributed by atoms with Gasteiger partial charge in [0.15, 0.2) is 0 Å². The van der Waals surface area contributed by atoms with E-state index in [0.717, 1.165) is 35.2 Å². The van der Waals surface area contributed by atoms with E-state index in [1.165, 1.54) is 0 Å². The van der Waals surface area contributed by atoms with Crippen LogP contribution in [-0.4, -0.2) is 16.5 Å². The van der Waals surface area contributed by atoms with Gasteiger partial charge in [0.2, 0.25) is 0 Å². The molecular formula is C13H16BrN3S. The Balaban J connectivity index is 2.07. The third-order valence-electron chi connectivity index (χ3n) is 2.65. The van der Waals surface area contributed by atoms with Crippen molar-refractivity contribution in [3.05, 3.63) is 45.1 Å². The zero-order valence-corrected chi connectivity index (χ0v) is 12.7. The van der Waals surface area contributed by atoms with E-state index in [9.17, 15) is 0 Å². The number of hydrogen-bond donors (Lipinski definition) is 1. The molecule has 2 aromatic heterocycles. The molecule has 2 rings (SSSR count). The fraction of sp³-hybridized carbons (Fsp3) is 0.385. The predicted octanol–water partition coefficient (Wildman–Crippen LogP) is 3.58. The van der Waals surface area contributed by atoms with E-state index in [2.05, 4.69) is 49.6 Å². The van der Waals surface area contributed by atoms with Crippen LogP contribution in [0.3, 0.4) is 0 Å². The van der Waals surface area contributed by atoms with Crippen LogP contribution in [0.5, 0.6) is 0 Å². The van der Waals surface area contributed by atoms with Crippen molar-refractivity contribution < 1.29 is 0 Å². The van der Waals surface area contributed by atoms with Crippen molar-refractivity contribution in [1.29, 1.82) is 0 Å². The minimum atomic E-state index is 0.255. The van der Waals surface area contributed by atoms with Gasteiger partial charge in [-0.05, 0) is 41.0 Å². The number of thiazole rings is 1. The number of nitrogens with zero attached hydrogens (tertiary/aromatic N) is 2. The van der Waals surface area contributed by atoms with Crippen molar-refractivity contribution >= 4 is 27.3 Å². The Morgan fingerprint density at radius 1 is 1.39 bits per heavy atom. The fourth-order valence-electron chi connectivity index (χ4n) is 1.73. The summed E-state index contributed by atoms with van der Waals surface area (Å²) >= 11 is 5.04. The second-order valence-electron chi connectivity index (χ2n) is 4.09. The molecule has 1 unspecified atom stereocenters. The zero-order valence-electron chi connectivity index (χ0n) is 10.3. The Bertz CT molecular complexity index is 456. The van der Waals surface area contributed by atoms with Crippen LogP contribution in [0.2, 0.25) is 0 Å². The molecule has 0 aliphatic heterocycles. The van der Waals surface area contributed by atoms with Crippen LogP contribution < -0.4 is 5.32 Å². The molecule has 1 atom stereocenters. The lowest BCUT2D eigenvalue weighted by molar-refractivity contribution is 0.515. The zero-order chi connectivity index (χ0) is 12.8. The summed E-state index contributed by atoms with van der Waals surface area (Å²) in [5.41, 5.74) is 4.07. The van der Waals surface area contributed by atoms with Gasteiger partial charge in [-0.25, -0.2) is 4.98 Å². The van der Waals surface area contributed by atoms with E-state index < -0.39 is 0 Å². The maximum absolute atomic E-state index is 4.42. The van der Waals surface area contributed by atoms with Gasteiger partial charge in [-0.15, -0.1) is 11.3 Å². The van der Waals surface area contributed by atoms with E-state index in [4.69, 9.17) is 0 Å². The maximum Gasteiger partial charge on any atom is 0.0795 e. The largest absolute Gasteiger partial charge is 0.308 e. The average Bonchev–Trinajstić information content (AvgIpc) is 2.90. The van der Waals surface area contributed by atoms with Crippen molar-refractivity contribution in [2.75, 3.05) is 6.54 Å². The Kier molecular flexibility index (Phi) is 5.28. The van der Waals surface area contributed by atoms with Crippen molar-refractivity contribution in [3.63, 3.8) is 0 Å². The van der Waals surface area contributed by atoms with E-state index in [1.54, 1.807) is 11.3 Å². The van der Waals surface area contributed by atoms with Gasteiger partial charge in [0.1, 0.15) is 0 Å². The molecule has 0 spiro atoms. The molecule has 0 saturated heterocycles. The Labute approximate surface area is 120 Å². The van der Waals surface area contributed by atoms with E-state index in [0.29, 0.717) is 0 Å². The lowest BCUT2D eigenvalue weighted by atomic mass is 10.1. The fourth-order valence-corrected chi connectivity index (χ4v) is 2.57. The SMILES string of the molecule is CCCNC(Cc1ccc(Br)cn1)c1cscn1. The van der Waals surface area contributed by atoms with Crippen LogP contribution in [0, 0.1) is 0 Å². The van der Waals surface area contributed by atoms with Gasteiger partial charge in [0.25, 0.3) is 0 Å². The highest BCUT2D eigenvalue weighted by Gasteiger charge is 2.13. The highest BCUT2D eigenvalue weighted by Crippen LogP contribution is 2.18. The standard InChI is InChI=1S/C13H16BrN3S/c1-2-5-15-12(13-8-18-9-17-13)6-11-4-3-10(14)7-16-11/h3-4,7-9,12,15H,2,5-6H2,1H3. The molecule has 5 heteroatoms. The first-order valence-corrected chi connectivity index (χ1v) is 7.75. The molecule has 18 heavy (non-hydrogen) atoms. The van der Waals surface area contributed by atoms with Crippen molar-refractivity contribution in [3.8, 4) is 0 Å². The normalized spacial score (nSPS) is 12.6. The summed E-state index contributed by atoms with van der Waals surface area (Å²) in [5.74, 6) is 0. The number of hydrogen-bond acceptors (Lipinski definition) is 4. The van der Waals surface area contributed by atoms with E-state index in [-0.39, 0.29) is 6.04 Å². The molecule has 0 fully saturated rings. The first-order chi connectivity index (χ1) is 8.79. The second kappa shape index (κ2) is 6.97. The highest BCUT2D eigenvalue weighted by atomic mass is 79.9. The van der Waals surface area contributed by atoms with Crippen LogP contribution in [0.25, 0.3) is 0 Å². The van der Waals surface area contributed by atoms with Crippen LogP contribution >= 0.6 is 27.3 Å². The topological polar surface area (TPSA) is 37.8 Å². The smallest absolute Gasteiger partial charge is 0.0795 e. The molecule has 0 bridgehead atoms. The number of aromatic nitrogens is 2. The number of nitrogens with one attached hydrogen (secondary N) is 1. The summed E-state index contributed by atoms with van der Waals surface area (Å²) in [6, 6.07) is 4.34. The first kappa shape index (κ1) is 13.6. The molecule has 0 aliphatic rings. The van der Waals surface area contributed by atoms with Crippen LogP contribution in [0.15, 0.2) is 33.7 Å². The van der Waals surface area contributed by atoms with Gasteiger partial charge in [0, 0.05) is 28.2 Å². The summed E-state index contributed by atoms with van der Waals surface area (Å²) in [6.07, 6.45) is 3.83. The molecule has 2 heterocycles. The van der Waals surface area contributed by atoms with Crippen LogP contribution in [0.1, 0.15) is 30.8 Å². The van der Waals surface area contributed by atoms with Crippen LogP contribution in [0.4, 0.5) is 0 Å². The van der Waals surface area contributed by atoms with Gasteiger partial charge in [-0.1, -0.05) is 6.92 Å². The van der Waals surface area contributed by atoms with E-state index >= 15 is 0 Å². The third-order valence-corrected chi connectivity index (χ3v) is 3.72. The molecule has 0 radical (unpaired) electrons. The number of halogens is 1. The van der Waals surface area contributed by atoms with Gasteiger partial charge >= 0.3 is 0 Å². The minimum Gasteiger partial charge on any atom is -0.308 e. The second-order valence-corrected chi connectivity index (χ2v) is 5.73. The summed E-state index contributed by atoms with van der Waals surface area (Å²) < 4.78 is 1.01. The van der Waals surface area contributed by atoms with Crippen molar-refractivity contribution in [2.45, 2.75) is 25.8 Å². The van der Waals surface area contributed by atoms with Gasteiger partial charge < -0.3 is 5.32 Å². The summed E-state index contributed by atoms with van der Waals surface area (Å²) in [4.78, 5) is 8.83. The summed E-state index contributed by atoms with van der Waals surface area (Å²) in [7, 11) is 0. The molecule has 96 valence electrons. The third kappa shape index (κ3) is 3.86. The monoisotopic (exact) mass is 325 g/mol. The van der Waals surface area contributed by atoms with Gasteiger partial charge in [0.05, 0.1) is 17.2 Å². The lowest BCUT2D eigenvalue weighted by Gasteiger charge is -2.16. The Morgan fingerprint density at radius 3 is 2.89 bits per heavy atom. The molecule has 0 aliphatic carbocycles. The maximum atomic E-state index is 4.42. The molecule has 1 N–H and O–H groups in total. The minimum absolute atomic E-state index is 0.255. The molecule has 0 saturated carbocycles. The summed E-state index contributed by atoms with van der Waals surface area (Å²) in [6.45, 7) is 3.17. The first-order valence-electron chi connectivity index (χ1n) is 6.01. The Hall–Kier alpha value is -0.780. The average molecular weight is 326 g/mol. The van der Waals surface area contributed by atoms with Crippen LogP contribution in [-0.2, 0) is 6.42 Å². The van der Waals surface area contributed by atoms with Crippen molar-refractivity contribution in [1.82, 2.24) is 15.3 Å². The number of pyridine rings is 1. The lowest BCUT2D eigenvalue weighted by Crippen LogP contribution is -2.24. The molecular weight excluding hydrogens is 310 g/mol. The van der Waals surface area contributed by atoms with Crippen molar-refractivity contribution in [2.24, 2.45) is 0 Å². The molecule has 0 aromatic carbocycles.